The van der Waals surface area contributed by atoms with Gasteiger partial charge in [-0.2, -0.15) is 5.10 Å². The van der Waals surface area contributed by atoms with Crippen molar-refractivity contribution in [3.05, 3.63) is 46.1 Å². The van der Waals surface area contributed by atoms with Gasteiger partial charge in [-0.1, -0.05) is 25.4 Å². The lowest BCUT2D eigenvalue weighted by Crippen LogP contribution is -2.38. The molecule has 2 heterocycles. The molecule has 0 saturated heterocycles. The molecule has 1 aliphatic carbocycles. The molecule has 1 aromatic carbocycles. The van der Waals surface area contributed by atoms with Crippen molar-refractivity contribution in [3.8, 4) is 0 Å². The summed E-state index contributed by atoms with van der Waals surface area (Å²) < 4.78 is 0. The van der Waals surface area contributed by atoms with E-state index in [4.69, 9.17) is 11.6 Å². The van der Waals surface area contributed by atoms with E-state index in [-0.39, 0.29) is 23.3 Å². The highest BCUT2D eigenvalue weighted by Gasteiger charge is 2.58. The topological polar surface area (TPSA) is 78.1 Å². The van der Waals surface area contributed by atoms with Crippen molar-refractivity contribution < 1.29 is 9.59 Å². The molecule has 25 heavy (non-hydrogen) atoms. The molecule has 6 nitrogen and oxygen atoms in total. The van der Waals surface area contributed by atoms with Gasteiger partial charge in [0.25, 0.3) is 5.91 Å². The number of anilines is 1. The average molecular weight is 359 g/mol. The summed E-state index contributed by atoms with van der Waals surface area (Å²) in [5.41, 5.74) is 2.14. The van der Waals surface area contributed by atoms with Crippen molar-refractivity contribution in [3.63, 3.8) is 0 Å². The van der Waals surface area contributed by atoms with E-state index >= 15 is 0 Å². The Kier molecular flexibility index (Phi) is 3.61. The summed E-state index contributed by atoms with van der Waals surface area (Å²) in [5.74, 6) is 0.336. The van der Waals surface area contributed by atoms with Crippen LogP contribution in [0.1, 0.15) is 48.3 Å². The van der Waals surface area contributed by atoms with Gasteiger partial charge in [0.2, 0.25) is 5.91 Å². The number of hydrogen-bond donors (Lipinski definition) is 2. The minimum Gasteiger partial charge on any atom is -0.327 e. The monoisotopic (exact) mass is 358 g/mol. The molecule has 2 aromatic rings. The summed E-state index contributed by atoms with van der Waals surface area (Å²) in [5, 5.41) is 10.8. The highest BCUT2D eigenvalue weighted by Crippen LogP contribution is 2.57. The molecular weight excluding hydrogens is 340 g/mol. The molecule has 1 fully saturated rings. The van der Waals surface area contributed by atoms with Gasteiger partial charge in [-0.3, -0.25) is 14.7 Å². The first-order valence-electron chi connectivity index (χ1n) is 8.38. The van der Waals surface area contributed by atoms with E-state index < -0.39 is 0 Å². The van der Waals surface area contributed by atoms with Crippen molar-refractivity contribution in [2.45, 2.75) is 38.8 Å². The smallest absolute Gasteiger partial charge is 0.256 e. The van der Waals surface area contributed by atoms with Gasteiger partial charge in [-0.25, -0.2) is 0 Å². The third-order valence-corrected chi connectivity index (χ3v) is 5.24. The van der Waals surface area contributed by atoms with Gasteiger partial charge in [-0.15, -0.1) is 0 Å². The Hall–Kier alpha value is -2.34. The molecule has 1 aliphatic heterocycles. The van der Waals surface area contributed by atoms with Crippen LogP contribution in [0.2, 0.25) is 5.02 Å². The average Bonchev–Trinajstić information content (AvgIpc) is 3.18. The molecule has 130 valence electrons. The van der Waals surface area contributed by atoms with Crippen LogP contribution in [0.25, 0.3) is 0 Å². The number of nitrogens with one attached hydrogen (secondary N) is 2. The number of aromatic nitrogens is 2. The van der Waals surface area contributed by atoms with Crippen molar-refractivity contribution >= 4 is 29.2 Å². The Morgan fingerprint density at radius 1 is 1.28 bits per heavy atom. The van der Waals surface area contributed by atoms with Crippen molar-refractivity contribution in [2.24, 2.45) is 5.92 Å². The lowest BCUT2D eigenvalue weighted by atomic mass is 10.1. The summed E-state index contributed by atoms with van der Waals surface area (Å²) in [6, 6.07) is 6.68. The summed E-state index contributed by atoms with van der Waals surface area (Å²) in [6.45, 7) is 4.30. The number of nitrogens with zero attached hydrogens (tertiary/aromatic N) is 2. The van der Waals surface area contributed by atoms with Crippen LogP contribution in [0.4, 0.5) is 5.82 Å². The fraction of sp³-hybridized carbons (Fsp3) is 0.389. The SMILES string of the molecule is CC(C)C(=O)N1Cc2c(NC(=O)c3ccc(Cl)cc3)n[nH]c2C12CC2. The molecule has 0 bridgehead atoms. The van der Waals surface area contributed by atoms with Crippen LogP contribution in [0.15, 0.2) is 24.3 Å². The summed E-state index contributed by atoms with van der Waals surface area (Å²) >= 11 is 5.86. The van der Waals surface area contributed by atoms with Gasteiger partial charge in [0.15, 0.2) is 5.82 Å². The number of hydrogen-bond acceptors (Lipinski definition) is 3. The molecule has 2 aliphatic rings. The lowest BCUT2D eigenvalue weighted by Gasteiger charge is -2.26. The predicted molar refractivity (Wildman–Crippen MR) is 94.3 cm³/mol. The zero-order valence-corrected chi connectivity index (χ0v) is 14.9. The first-order chi connectivity index (χ1) is 11.9. The van der Waals surface area contributed by atoms with Gasteiger partial charge >= 0.3 is 0 Å². The molecule has 7 heteroatoms. The standard InChI is InChI=1S/C18H19ClN4O2/c1-10(2)17(25)23-9-13-14(18(23)7-8-18)21-22-15(13)20-16(24)11-3-5-12(19)6-4-11/h3-6,10H,7-9H2,1-2H3,(H2,20,21,22,24). The predicted octanol–water partition coefficient (Wildman–Crippen LogP) is 3.30. The second-order valence-electron chi connectivity index (χ2n) is 7.00. The maximum absolute atomic E-state index is 12.5. The number of rotatable bonds is 3. The van der Waals surface area contributed by atoms with Gasteiger partial charge in [0.05, 0.1) is 17.8 Å². The summed E-state index contributed by atoms with van der Waals surface area (Å²) in [6.07, 6.45) is 1.87. The second kappa shape index (κ2) is 5.59. The Bertz CT molecular complexity index is 852. The minimum atomic E-state index is -0.246. The molecule has 0 unspecified atom stereocenters. The van der Waals surface area contributed by atoms with Crippen molar-refractivity contribution in [1.82, 2.24) is 15.1 Å². The Balaban J connectivity index is 1.59. The van der Waals surface area contributed by atoms with Gasteiger partial charge in [0.1, 0.15) is 0 Å². The lowest BCUT2D eigenvalue weighted by molar-refractivity contribution is -0.137. The van der Waals surface area contributed by atoms with E-state index in [9.17, 15) is 9.59 Å². The minimum absolute atomic E-state index is 0.0541. The number of aromatic amines is 1. The van der Waals surface area contributed by atoms with Gasteiger partial charge in [-0.05, 0) is 37.1 Å². The maximum atomic E-state index is 12.5. The van der Waals surface area contributed by atoms with Crippen LogP contribution in [-0.2, 0) is 16.9 Å². The molecule has 2 N–H and O–H groups in total. The Morgan fingerprint density at radius 3 is 2.56 bits per heavy atom. The van der Waals surface area contributed by atoms with Gasteiger partial charge in [0, 0.05) is 22.1 Å². The van der Waals surface area contributed by atoms with Crippen molar-refractivity contribution in [2.75, 3.05) is 5.32 Å². The normalized spacial score (nSPS) is 17.0. The molecule has 1 spiro atoms. The number of halogens is 1. The molecule has 4 rings (SSSR count). The van der Waals surface area contributed by atoms with E-state index in [0.29, 0.717) is 22.9 Å². The quantitative estimate of drug-likeness (QED) is 0.883. The van der Waals surface area contributed by atoms with Gasteiger partial charge < -0.3 is 10.2 Å². The summed E-state index contributed by atoms with van der Waals surface area (Å²) in [4.78, 5) is 26.9. The molecular formula is C18H19ClN4O2. The fourth-order valence-electron chi connectivity index (χ4n) is 3.47. The third-order valence-electron chi connectivity index (χ3n) is 4.99. The number of benzene rings is 1. The zero-order valence-electron chi connectivity index (χ0n) is 14.1. The third kappa shape index (κ3) is 2.52. The fourth-order valence-corrected chi connectivity index (χ4v) is 3.60. The Morgan fingerprint density at radius 2 is 1.96 bits per heavy atom. The molecule has 2 amide bonds. The van der Waals surface area contributed by atoms with Crippen LogP contribution in [0.5, 0.6) is 0 Å². The summed E-state index contributed by atoms with van der Waals surface area (Å²) in [7, 11) is 0. The Labute approximate surface area is 150 Å². The number of carbonyl (C=O) groups is 2. The highest BCUT2D eigenvalue weighted by atomic mass is 35.5. The number of amides is 2. The molecule has 0 atom stereocenters. The van der Waals surface area contributed by atoms with E-state index in [1.54, 1.807) is 24.3 Å². The van der Waals surface area contributed by atoms with Crippen LogP contribution >= 0.6 is 11.6 Å². The van der Waals surface area contributed by atoms with E-state index in [1.807, 2.05) is 18.7 Å². The molecule has 0 radical (unpaired) electrons. The molecule has 1 aromatic heterocycles. The first-order valence-corrected chi connectivity index (χ1v) is 8.76. The number of H-pyrrole nitrogens is 1. The van der Waals surface area contributed by atoms with Crippen LogP contribution in [0, 0.1) is 5.92 Å². The molecule has 1 saturated carbocycles. The second-order valence-corrected chi connectivity index (χ2v) is 7.43. The van der Waals surface area contributed by atoms with E-state index in [1.165, 1.54) is 0 Å². The van der Waals surface area contributed by atoms with Crippen LogP contribution in [0.3, 0.4) is 0 Å². The first kappa shape index (κ1) is 16.1. The maximum Gasteiger partial charge on any atom is 0.256 e. The zero-order chi connectivity index (χ0) is 17.8. The largest absolute Gasteiger partial charge is 0.327 e. The van der Waals surface area contributed by atoms with E-state index in [2.05, 4.69) is 15.5 Å². The number of fused-ring (bicyclic) bond motifs is 2. The highest BCUT2D eigenvalue weighted by molar-refractivity contribution is 6.30. The van der Waals surface area contributed by atoms with Crippen LogP contribution < -0.4 is 5.32 Å². The van der Waals surface area contributed by atoms with Crippen molar-refractivity contribution in [1.29, 1.82) is 0 Å². The number of carbonyl (C=O) groups excluding carboxylic acids is 2. The van der Waals surface area contributed by atoms with Crippen LogP contribution in [-0.4, -0.2) is 26.9 Å². The van der Waals surface area contributed by atoms with E-state index in [0.717, 1.165) is 24.1 Å².